The Morgan fingerprint density at radius 1 is 1.69 bits per heavy atom. The van der Waals surface area contributed by atoms with Crippen LogP contribution in [0.2, 0.25) is 0 Å². The molecule has 0 bridgehead atoms. The van der Waals surface area contributed by atoms with Crippen LogP contribution in [0, 0.1) is 5.92 Å². The predicted octanol–water partition coefficient (Wildman–Crippen LogP) is 1.32. The molecule has 1 saturated carbocycles. The van der Waals surface area contributed by atoms with Crippen LogP contribution >= 0.6 is 11.8 Å². The Bertz CT molecular complexity index is 202. The molecule has 1 aliphatic carbocycles. The van der Waals surface area contributed by atoms with Crippen LogP contribution in [0.3, 0.4) is 0 Å². The molecule has 1 fully saturated rings. The van der Waals surface area contributed by atoms with E-state index in [-0.39, 0.29) is 4.75 Å². The van der Waals surface area contributed by atoms with E-state index in [9.17, 15) is 4.79 Å². The average molecular weight is 203 g/mol. The Morgan fingerprint density at radius 3 is 2.62 bits per heavy atom. The van der Waals surface area contributed by atoms with Gasteiger partial charge >= 0.3 is 5.97 Å². The maximum Gasteiger partial charge on any atom is 0.321 e. The van der Waals surface area contributed by atoms with Gasteiger partial charge in [-0.1, -0.05) is 0 Å². The van der Waals surface area contributed by atoms with E-state index in [4.69, 9.17) is 10.8 Å². The van der Waals surface area contributed by atoms with Crippen molar-refractivity contribution >= 4 is 17.7 Å². The SMILES string of the molecule is CC(C)(SCC1CC1)[C@@H](N)C(=O)O. The molecule has 3 N–H and O–H groups in total. The first-order valence-corrected chi connectivity index (χ1v) is 5.54. The highest BCUT2D eigenvalue weighted by Crippen LogP contribution is 2.37. The number of carboxylic acids is 1. The molecule has 0 aromatic carbocycles. The summed E-state index contributed by atoms with van der Waals surface area (Å²) in [6, 6.07) is -0.767. The summed E-state index contributed by atoms with van der Waals surface area (Å²) in [7, 11) is 0. The summed E-state index contributed by atoms with van der Waals surface area (Å²) in [4.78, 5) is 10.7. The van der Waals surface area contributed by atoms with Crippen molar-refractivity contribution in [3.05, 3.63) is 0 Å². The van der Waals surface area contributed by atoms with Gasteiger partial charge in [-0.25, -0.2) is 0 Å². The largest absolute Gasteiger partial charge is 0.480 e. The minimum atomic E-state index is -0.909. The van der Waals surface area contributed by atoms with Crippen LogP contribution in [-0.4, -0.2) is 27.6 Å². The number of hydrogen-bond acceptors (Lipinski definition) is 3. The van der Waals surface area contributed by atoms with Gasteiger partial charge in [-0.05, 0) is 38.4 Å². The number of thioether (sulfide) groups is 1. The number of rotatable bonds is 5. The molecule has 0 saturated heterocycles. The van der Waals surface area contributed by atoms with E-state index in [1.807, 2.05) is 13.8 Å². The first-order valence-electron chi connectivity index (χ1n) is 4.56. The third kappa shape index (κ3) is 3.19. The monoisotopic (exact) mass is 203 g/mol. The highest BCUT2D eigenvalue weighted by molar-refractivity contribution is 8.00. The molecule has 0 spiro atoms. The van der Waals surface area contributed by atoms with Crippen LogP contribution in [0.25, 0.3) is 0 Å². The Morgan fingerprint density at radius 2 is 2.23 bits per heavy atom. The zero-order valence-electron chi connectivity index (χ0n) is 8.12. The minimum Gasteiger partial charge on any atom is -0.480 e. The van der Waals surface area contributed by atoms with Gasteiger partial charge in [0.1, 0.15) is 6.04 Å². The van der Waals surface area contributed by atoms with Crippen molar-refractivity contribution in [2.24, 2.45) is 11.7 Å². The van der Waals surface area contributed by atoms with Crippen LogP contribution in [0.1, 0.15) is 26.7 Å². The Hall–Kier alpha value is -0.220. The fraction of sp³-hybridized carbons (Fsp3) is 0.889. The zero-order valence-corrected chi connectivity index (χ0v) is 8.93. The first kappa shape index (κ1) is 10.9. The van der Waals surface area contributed by atoms with E-state index in [0.29, 0.717) is 0 Å². The summed E-state index contributed by atoms with van der Waals surface area (Å²) >= 11 is 1.68. The lowest BCUT2D eigenvalue weighted by atomic mass is 10.1. The van der Waals surface area contributed by atoms with Crippen molar-refractivity contribution in [3.63, 3.8) is 0 Å². The predicted molar refractivity (Wildman–Crippen MR) is 54.9 cm³/mol. The van der Waals surface area contributed by atoms with Gasteiger partial charge in [-0.3, -0.25) is 4.79 Å². The van der Waals surface area contributed by atoms with Gasteiger partial charge < -0.3 is 10.8 Å². The molecule has 0 heterocycles. The zero-order chi connectivity index (χ0) is 10.1. The molecule has 1 rings (SSSR count). The van der Waals surface area contributed by atoms with E-state index in [1.54, 1.807) is 11.8 Å². The summed E-state index contributed by atoms with van der Waals surface area (Å²) in [6.45, 7) is 3.80. The molecular weight excluding hydrogens is 186 g/mol. The van der Waals surface area contributed by atoms with Gasteiger partial charge in [0.2, 0.25) is 0 Å². The molecule has 0 aromatic heterocycles. The van der Waals surface area contributed by atoms with Crippen molar-refractivity contribution in [3.8, 4) is 0 Å². The average Bonchev–Trinajstić information content (AvgIpc) is 2.82. The highest BCUT2D eigenvalue weighted by atomic mass is 32.2. The lowest BCUT2D eigenvalue weighted by molar-refractivity contribution is -0.139. The molecule has 0 amide bonds. The van der Waals surface area contributed by atoms with Gasteiger partial charge in [-0.15, -0.1) is 0 Å². The number of carbonyl (C=O) groups is 1. The number of hydrogen-bond donors (Lipinski definition) is 2. The fourth-order valence-corrected chi connectivity index (χ4v) is 2.28. The van der Waals surface area contributed by atoms with Gasteiger partial charge in [0.15, 0.2) is 0 Å². The molecule has 1 atom stereocenters. The molecule has 76 valence electrons. The lowest BCUT2D eigenvalue weighted by Gasteiger charge is -2.27. The van der Waals surface area contributed by atoms with Crippen LogP contribution in [-0.2, 0) is 4.79 Å². The second kappa shape index (κ2) is 3.88. The lowest BCUT2D eigenvalue weighted by Crippen LogP contribution is -2.46. The molecule has 1 aliphatic rings. The van der Waals surface area contributed by atoms with Crippen molar-refractivity contribution < 1.29 is 9.90 Å². The highest BCUT2D eigenvalue weighted by Gasteiger charge is 2.34. The smallest absolute Gasteiger partial charge is 0.321 e. The maximum absolute atomic E-state index is 10.7. The van der Waals surface area contributed by atoms with Gasteiger partial charge in [0, 0.05) is 4.75 Å². The third-order valence-corrected chi connectivity index (χ3v) is 4.04. The van der Waals surface area contributed by atoms with Crippen LogP contribution in [0.4, 0.5) is 0 Å². The topological polar surface area (TPSA) is 63.3 Å². The summed E-state index contributed by atoms with van der Waals surface area (Å²) in [5, 5.41) is 8.76. The molecule has 0 radical (unpaired) electrons. The standard InChI is InChI=1S/C9H17NO2S/c1-9(2,7(10)8(11)12)13-5-6-3-4-6/h6-7H,3-5,10H2,1-2H3,(H,11,12)/t7-/m0/s1. The second-order valence-corrected chi connectivity index (χ2v) is 5.85. The minimum absolute atomic E-state index is 0.353. The van der Waals surface area contributed by atoms with E-state index in [1.165, 1.54) is 12.8 Å². The van der Waals surface area contributed by atoms with E-state index < -0.39 is 12.0 Å². The molecule has 3 nitrogen and oxygen atoms in total. The van der Waals surface area contributed by atoms with E-state index in [0.717, 1.165) is 11.7 Å². The number of carboxylic acid groups (broad SMARTS) is 1. The van der Waals surface area contributed by atoms with Crippen LogP contribution < -0.4 is 5.73 Å². The Kier molecular flexibility index (Phi) is 3.24. The summed E-state index contributed by atoms with van der Waals surface area (Å²) in [5.41, 5.74) is 5.58. The number of nitrogens with two attached hydrogens (primary N) is 1. The van der Waals surface area contributed by atoms with Gasteiger partial charge in [-0.2, -0.15) is 11.8 Å². The van der Waals surface area contributed by atoms with Crippen LogP contribution in [0.5, 0.6) is 0 Å². The van der Waals surface area contributed by atoms with E-state index in [2.05, 4.69) is 0 Å². The van der Waals surface area contributed by atoms with Gasteiger partial charge in [0.25, 0.3) is 0 Å². The fourth-order valence-electron chi connectivity index (χ4n) is 1.00. The van der Waals surface area contributed by atoms with Crippen molar-refractivity contribution in [2.75, 3.05) is 5.75 Å². The summed E-state index contributed by atoms with van der Waals surface area (Å²) < 4.78 is -0.353. The Balaban J connectivity index is 2.37. The maximum atomic E-state index is 10.7. The number of aliphatic carboxylic acids is 1. The first-order chi connectivity index (χ1) is 5.93. The van der Waals surface area contributed by atoms with Crippen molar-refractivity contribution in [1.29, 1.82) is 0 Å². The molecular formula is C9H17NO2S. The molecule has 13 heavy (non-hydrogen) atoms. The van der Waals surface area contributed by atoms with E-state index >= 15 is 0 Å². The van der Waals surface area contributed by atoms with Crippen LogP contribution in [0.15, 0.2) is 0 Å². The molecule has 0 aliphatic heterocycles. The molecule has 4 heteroatoms. The molecule has 0 aromatic rings. The summed E-state index contributed by atoms with van der Waals surface area (Å²) in [6.07, 6.45) is 2.59. The van der Waals surface area contributed by atoms with Crippen molar-refractivity contribution in [2.45, 2.75) is 37.5 Å². The quantitative estimate of drug-likeness (QED) is 0.707. The normalized spacial score (nSPS) is 19.9. The summed E-state index contributed by atoms with van der Waals surface area (Å²) in [5.74, 6) is 0.951. The second-order valence-electron chi connectivity index (χ2n) is 4.17. The molecule has 0 unspecified atom stereocenters. The van der Waals surface area contributed by atoms with Gasteiger partial charge in [0.05, 0.1) is 0 Å². The third-order valence-electron chi connectivity index (χ3n) is 2.40. The van der Waals surface area contributed by atoms with Crippen molar-refractivity contribution in [1.82, 2.24) is 0 Å². The Labute approximate surface area is 83.1 Å².